The summed E-state index contributed by atoms with van der Waals surface area (Å²) in [5.41, 5.74) is 4.89. The monoisotopic (exact) mass is 288 g/mol. The van der Waals surface area contributed by atoms with E-state index in [0.29, 0.717) is 5.70 Å². The maximum absolute atomic E-state index is 5.07. The first-order valence-electron chi connectivity index (χ1n) is 7.22. The molecule has 4 nitrogen and oxygen atoms in total. The molecule has 4 heteroatoms. The van der Waals surface area contributed by atoms with Gasteiger partial charge in [-0.15, -0.1) is 0 Å². The summed E-state index contributed by atoms with van der Waals surface area (Å²) >= 11 is 0. The quantitative estimate of drug-likeness (QED) is 0.225. The SMILES string of the molecule is C=NC(=C)C(=C(C)C)C(=N/CCCC/C=N/N)/C(C)=C\C. The number of nitrogens with two attached hydrogens (primary N) is 1. The summed E-state index contributed by atoms with van der Waals surface area (Å²) in [6.45, 7) is 16.5. The van der Waals surface area contributed by atoms with Gasteiger partial charge in [-0.25, -0.2) is 0 Å². The number of hydrogen-bond donors (Lipinski definition) is 1. The summed E-state index contributed by atoms with van der Waals surface area (Å²) in [5, 5.41) is 3.49. The fourth-order valence-corrected chi connectivity index (χ4v) is 1.89. The largest absolute Gasteiger partial charge is 0.324 e. The van der Waals surface area contributed by atoms with Crippen molar-refractivity contribution in [2.24, 2.45) is 20.9 Å². The zero-order valence-corrected chi connectivity index (χ0v) is 13.8. The minimum atomic E-state index is 0.671. The molecule has 0 saturated heterocycles. The van der Waals surface area contributed by atoms with Gasteiger partial charge in [0.15, 0.2) is 0 Å². The predicted molar refractivity (Wildman–Crippen MR) is 95.3 cm³/mol. The van der Waals surface area contributed by atoms with Crippen LogP contribution >= 0.6 is 0 Å². The lowest BCUT2D eigenvalue weighted by Crippen LogP contribution is -2.09. The normalized spacial score (nSPS) is 12.6. The van der Waals surface area contributed by atoms with Gasteiger partial charge in [-0.1, -0.05) is 18.2 Å². The highest BCUT2D eigenvalue weighted by molar-refractivity contribution is 6.15. The first kappa shape index (κ1) is 19.0. The lowest BCUT2D eigenvalue weighted by Gasteiger charge is -2.14. The maximum atomic E-state index is 5.07. The Labute approximate surface area is 129 Å². The fourth-order valence-electron chi connectivity index (χ4n) is 1.89. The minimum Gasteiger partial charge on any atom is -0.324 e. The van der Waals surface area contributed by atoms with Gasteiger partial charge in [0.1, 0.15) is 0 Å². The van der Waals surface area contributed by atoms with Crippen molar-refractivity contribution in [1.29, 1.82) is 0 Å². The Balaban J connectivity index is 5.16. The highest BCUT2D eigenvalue weighted by Crippen LogP contribution is 2.20. The van der Waals surface area contributed by atoms with Crippen molar-refractivity contribution < 1.29 is 0 Å². The molecule has 0 rings (SSSR count). The summed E-state index contributed by atoms with van der Waals surface area (Å²) < 4.78 is 0. The summed E-state index contributed by atoms with van der Waals surface area (Å²) in [4.78, 5) is 8.72. The summed E-state index contributed by atoms with van der Waals surface area (Å²) in [7, 11) is 0. The van der Waals surface area contributed by atoms with Gasteiger partial charge in [0.05, 0.1) is 11.4 Å². The second-order valence-electron chi connectivity index (χ2n) is 5.01. The van der Waals surface area contributed by atoms with Crippen molar-refractivity contribution in [3.8, 4) is 0 Å². The van der Waals surface area contributed by atoms with Crippen LogP contribution in [-0.2, 0) is 0 Å². The van der Waals surface area contributed by atoms with E-state index < -0.39 is 0 Å². The molecule has 0 radical (unpaired) electrons. The molecule has 0 fully saturated rings. The second kappa shape index (κ2) is 10.8. The Morgan fingerprint density at radius 2 is 1.86 bits per heavy atom. The standard InChI is InChI=1S/C17H28N4/c1-7-14(4)17(16(13(2)3)15(5)19-6)20-11-9-8-10-12-21-18/h7,12H,5-6,8-11,18H2,1-4H3/b14-7-,20-17+,21-12+. The van der Waals surface area contributed by atoms with Crippen LogP contribution in [0.15, 0.2) is 50.2 Å². The molecular formula is C17H28N4. The Morgan fingerprint density at radius 3 is 2.33 bits per heavy atom. The molecule has 21 heavy (non-hydrogen) atoms. The van der Waals surface area contributed by atoms with Gasteiger partial charge in [-0.2, -0.15) is 5.10 Å². The van der Waals surface area contributed by atoms with Gasteiger partial charge >= 0.3 is 0 Å². The minimum absolute atomic E-state index is 0.671. The average Bonchev–Trinajstić information content (AvgIpc) is 2.47. The number of allylic oxidation sites excluding steroid dienone is 4. The molecule has 0 saturated carbocycles. The topological polar surface area (TPSA) is 63.1 Å². The van der Waals surface area contributed by atoms with E-state index in [9.17, 15) is 0 Å². The van der Waals surface area contributed by atoms with Crippen molar-refractivity contribution >= 4 is 18.6 Å². The average molecular weight is 288 g/mol. The first-order chi connectivity index (χ1) is 9.99. The summed E-state index contributed by atoms with van der Waals surface area (Å²) in [6.07, 6.45) is 6.69. The van der Waals surface area contributed by atoms with Crippen LogP contribution in [0.2, 0.25) is 0 Å². The third kappa shape index (κ3) is 6.84. The van der Waals surface area contributed by atoms with E-state index in [1.807, 2.05) is 20.8 Å². The first-order valence-corrected chi connectivity index (χ1v) is 7.22. The molecule has 0 aromatic heterocycles. The van der Waals surface area contributed by atoms with Crippen LogP contribution < -0.4 is 5.84 Å². The summed E-state index contributed by atoms with van der Waals surface area (Å²) in [5.74, 6) is 5.07. The Morgan fingerprint density at radius 1 is 1.19 bits per heavy atom. The lowest BCUT2D eigenvalue weighted by atomic mass is 9.97. The van der Waals surface area contributed by atoms with Crippen LogP contribution in [0.3, 0.4) is 0 Å². The molecule has 0 aliphatic carbocycles. The van der Waals surface area contributed by atoms with Crippen LogP contribution in [0, 0.1) is 0 Å². The van der Waals surface area contributed by atoms with E-state index in [-0.39, 0.29) is 0 Å². The molecule has 0 amide bonds. The third-order valence-corrected chi connectivity index (χ3v) is 3.14. The van der Waals surface area contributed by atoms with Crippen LogP contribution in [0.25, 0.3) is 0 Å². The van der Waals surface area contributed by atoms with Crippen LogP contribution in [0.5, 0.6) is 0 Å². The molecule has 2 N–H and O–H groups in total. The molecule has 0 unspecified atom stereocenters. The van der Waals surface area contributed by atoms with E-state index >= 15 is 0 Å². The Bertz CT molecular complexity index is 475. The lowest BCUT2D eigenvalue weighted by molar-refractivity contribution is 0.777. The van der Waals surface area contributed by atoms with Gasteiger partial charge in [0.25, 0.3) is 0 Å². The van der Waals surface area contributed by atoms with Gasteiger partial charge in [-0.05, 0) is 59.2 Å². The molecule has 0 heterocycles. The van der Waals surface area contributed by atoms with E-state index in [1.54, 1.807) is 6.21 Å². The second-order valence-corrected chi connectivity index (χ2v) is 5.01. The van der Waals surface area contributed by atoms with Gasteiger partial charge in [-0.3, -0.25) is 9.98 Å². The number of nitrogens with zero attached hydrogens (tertiary/aromatic N) is 3. The molecule has 0 atom stereocenters. The van der Waals surface area contributed by atoms with E-state index in [0.717, 1.165) is 48.2 Å². The third-order valence-electron chi connectivity index (χ3n) is 3.14. The maximum Gasteiger partial charge on any atom is 0.0693 e. The molecule has 116 valence electrons. The van der Waals surface area contributed by atoms with Crippen molar-refractivity contribution in [1.82, 2.24) is 0 Å². The number of aliphatic imine (C=N–C) groups is 2. The number of hydrogen-bond acceptors (Lipinski definition) is 4. The van der Waals surface area contributed by atoms with Gasteiger partial charge in [0.2, 0.25) is 0 Å². The van der Waals surface area contributed by atoms with E-state index in [2.05, 4.69) is 36.4 Å². The van der Waals surface area contributed by atoms with Crippen LogP contribution in [0.1, 0.15) is 47.0 Å². The smallest absolute Gasteiger partial charge is 0.0693 e. The van der Waals surface area contributed by atoms with Crippen molar-refractivity contribution in [3.05, 3.63) is 35.1 Å². The number of hydrazone groups is 1. The molecule has 0 aromatic rings. The Hall–Kier alpha value is -1.97. The number of rotatable bonds is 9. The van der Waals surface area contributed by atoms with Gasteiger partial charge < -0.3 is 5.84 Å². The molecule has 0 aliphatic heterocycles. The number of unbranched alkanes of at least 4 members (excludes halogenated alkanes) is 2. The zero-order chi connectivity index (χ0) is 16.3. The van der Waals surface area contributed by atoms with Crippen LogP contribution in [0.4, 0.5) is 0 Å². The molecule has 0 spiro atoms. The Kier molecular flexibility index (Phi) is 9.76. The van der Waals surface area contributed by atoms with Crippen molar-refractivity contribution in [2.75, 3.05) is 6.54 Å². The van der Waals surface area contributed by atoms with Crippen molar-refractivity contribution in [2.45, 2.75) is 47.0 Å². The fraction of sp³-hybridized carbons (Fsp3) is 0.471. The molecule has 0 bridgehead atoms. The summed E-state index contributed by atoms with van der Waals surface area (Å²) in [6, 6.07) is 0. The van der Waals surface area contributed by atoms with Gasteiger partial charge in [0, 0.05) is 18.3 Å². The van der Waals surface area contributed by atoms with E-state index in [1.165, 1.54) is 0 Å². The molecule has 0 aliphatic rings. The van der Waals surface area contributed by atoms with E-state index in [4.69, 9.17) is 10.8 Å². The van der Waals surface area contributed by atoms with Crippen LogP contribution in [-0.4, -0.2) is 25.2 Å². The highest BCUT2D eigenvalue weighted by Gasteiger charge is 2.13. The zero-order valence-electron chi connectivity index (χ0n) is 13.8. The highest BCUT2D eigenvalue weighted by atomic mass is 15.1. The molecular weight excluding hydrogens is 260 g/mol. The predicted octanol–water partition coefficient (Wildman–Crippen LogP) is 4.06. The molecule has 0 aromatic carbocycles. The van der Waals surface area contributed by atoms with Crippen molar-refractivity contribution in [3.63, 3.8) is 0 Å².